The van der Waals surface area contributed by atoms with Crippen molar-refractivity contribution in [2.75, 3.05) is 17.2 Å². The van der Waals surface area contributed by atoms with Crippen LogP contribution in [0.2, 0.25) is 0 Å². The summed E-state index contributed by atoms with van der Waals surface area (Å²) in [5.41, 5.74) is 1.89. The number of nitrogens with one attached hydrogen (secondary N) is 3. The van der Waals surface area contributed by atoms with Gasteiger partial charge in [-0.3, -0.25) is 10.1 Å². The summed E-state index contributed by atoms with van der Waals surface area (Å²) in [6.45, 7) is 0.567. The molecule has 0 spiro atoms. The number of hydrogen-bond donors (Lipinski definition) is 3. The van der Waals surface area contributed by atoms with Crippen molar-refractivity contribution >= 4 is 34.0 Å². The maximum atomic E-state index is 12.2. The Labute approximate surface area is 156 Å². The van der Waals surface area contributed by atoms with Crippen molar-refractivity contribution in [3.63, 3.8) is 0 Å². The van der Waals surface area contributed by atoms with Gasteiger partial charge in [0.15, 0.2) is 0 Å². The predicted octanol–water partition coefficient (Wildman–Crippen LogP) is 4.36. The molecule has 0 aliphatic heterocycles. The molecule has 0 bridgehead atoms. The van der Waals surface area contributed by atoms with Crippen molar-refractivity contribution < 1.29 is 9.59 Å². The van der Waals surface area contributed by atoms with Crippen LogP contribution in [0.3, 0.4) is 0 Å². The molecule has 3 N–H and O–H groups in total. The van der Waals surface area contributed by atoms with Crippen LogP contribution in [0.15, 0.2) is 72.8 Å². The molecule has 0 aliphatic rings. The molecule has 3 rings (SSSR count). The normalized spacial score (nSPS) is 10.2. The first-order valence-corrected chi connectivity index (χ1v) is 9.07. The van der Waals surface area contributed by atoms with E-state index in [9.17, 15) is 9.59 Å². The van der Waals surface area contributed by atoms with Crippen LogP contribution in [0.5, 0.6) is 0 Å². The molecule has 0 aliphatic carbocycles. The first kappa shape index (κ1) is 17.7. The number of anilines is 2. The van der Waals surface area contributed by atoms with Gasteiger partial charge in [-0.25, -0.2) is 4.79 Å². The van der Waals surface area contributed by atoms with Gasteiger partial charge >= 0.3 is 6.03 Å². The number of benzene rings is 2. The molecule has 0 unspecified atom stereocenters. The molecule has 0 atom stereocenters. The molecule has 1 aromatic heterocycles. The molecular formula is C20H19N3O2S. The highest BCUT2D eigenvalue weighted by molar-refractivity contribution is 7.18. The van der Waals surface area contributed by atoms with E-state index in [1.54, 1.807) is 24.3 Å². The van der Waals surface area contributed by atoms with Gasteiger partial charge in [0.1, 0.15) is 0 Å². The van der Waals surface area contributed by atoms with E-state index >= 15 is 0 Å². The van der Waals surface area contributed by atoms with E-state index in [0.29, 0.717) is 22.1 Å². The zero-order valence-electron chi connectivity index (χ0n) is 14.1. The monoisotopic (exact) mass is 365 g/mol. The third-order valence-corrected chi connectivity index (χ3v) is 4.64. The molecular weight excluding hydrogens is 346 g/mol. The first-order valence-electron chi connectivity index (χ1n) is 8.26. The second kappa shape index (κ2) is 8.82. The van der Waals surface area contributed by atoms with Crippen LogP contribution in [0, 0.1) is 0 Å². The minimum absolute atomic E-state index is 0.137. The van der Waals surface area contributed by atoms with Crippen molar-refractivity contribution in [1.82, 2.24) is 5.32 Å². The molecule has 0 saturated heterocycles. The van der Waals surface area contributed by atoms with Crippen LogP contribution < -0.4 is 16.0 Å². The second-order valence-electron chi connectivity index (χ2n) is 5.60. The molecule has 2 aromatic carbocycles. The van der Waals surface area contributed by atoms with Crippen molar-refractivity contribution in [3.05, 3.63) is 83.2 Å². The minimum atomic E-state index is -0.339. The molecule has 5 nitrogen and oxygen atoms in total. The van der Waals surface area contributed by atoms with E-state index in [0.717, 1.165) is 6.42 Å². The number of thiophene rings is 1. The lowest BCUT2D eigenvalue weighted by Crippen LogP contribution is -2.24. The number of carbonyl (C=O) groups is 2. The Bertz CT molecular complexity index is 863. The third-order valence-electron chi connectivity index (χ3n) is 3.64. The quantitative estimate of drug-likeness (QED) is 0.607. The van der Waals surface area contributed by atoms with Gasteiger partial charge in [-0.15, -0.1) is 11.3 Å². The van der Waals surface area contributed by atoms with Crippen molar-refractivity contribution in [3.8, 4) is 0 Å². The summed E-state index contributed by atoms with van der Waals surface area (Å²) in [6.07, 6.45) is 0.780. The van der Waals surface area contributed by atoms with Crippen LogP contribution in [-0.4, -0.2) is 18.5 Å². The predicted molar refractivity (Wildman–Crippen MR) is 106 cm³/mol. The summed E-state index contributed by atoms with van der Waals surface area (Å²) >= 11 is 1.24. The van der Waals surface area contributed by atoms with E-state index < -0.39 is 0 Å². The van der Waals surface area contributed by atoms with Crippen LogP contribution in [0.4, 0.5) is 15.5 Å². The Kier molecular flexibility index (Phi) is 6.01. The maximum absolute atomic E-state index is 12.2. The van der Waals surface area contributed by atoms with Gasteiger partial charge in [-0.1, -0.05) is 48.5 Å². The molecule has 132 valence electrons. The molecule has 3 aromatic rings. The molecule has 0 saturated carbocycles. The van der Waals surface area contributed by atoms with Gasteiger partial charge in [-0.05, 0) is 36.2 Å². The Balaban J connectivity index is 1.47. The summed E-state index contributed by atoms with van der Waals surface area (Å²) in [5, 5.41) is 8.99. The van der Waals surface area contributed by atoms with Gasteiger partial charge in [0, 0.05) is 12.2 Å². The Morgan fingerprint density at radius 1 is 0.808 bits per heavy atom. The van der Waals surface area contributed by atoms with Crippen molar-refractivity contribution in [1.29, 1.82) is 0 Å². The van der Waals surface area contributed by atoms with E-state index in [2.05, 4.69) is 16.0 Å². The lowest BCUT2D eigenvalue weighted by Gasteiger charge is -2.05. The van der Waals surface area contributed by atoms with E-state index in [1.165, 1.54) is 16.9 Å². The molecule has 1 heterocycles. The van der Waals surface area contributed by atoms with Crippen LogP contribution in [0.25, 0.3) is 0 Å². The Hall–Kier alpha value is -3.12. The highest BCUT2D eigenvalue weighted by atomic mass is 32.1. The lowest BCUT2D eigenvalue weighted by molar-refractivity contribution is 0.0958. The Morgan fingerprint density at radius 2 is 1.50 bits per heavy atom. The van der Waals surface area contributed by atoms with Gasteiger partial charge in [0.2, 0.25) is 0 Å². The topological polar surface area (TPSA) is 70.2 Å². The maximum Gasteiger partial charge on any atom is 0.324 e. The standard InChI is InChI=1S/C20H19N3O2S/c24-19(21-14-13-15-7-3-1-4-8-15)17-11-12-18(26-17)23-20(25)22-16-9-5-2-6-10-16/h1-12H,13-14H2,(H,21,24)(H2,22,23,25). The number of rotatable bonds is 6. The third kappa shape index (κ3) is 5.19. The van der Waals surface area contributed by atoms with Crippen LogP contribution >= 0.6 is 11.3 Å². The van der Waals surface area contributed by atoms with Gasteiger partial charge < -0.3 is 10.6 Å². The number of hydrogen-bond acceptors (Lipinski definition) is 3. The average molecular weight is 365 g/mol. The van der Waals surface area contributed by atoms with Crippen LogP contribution in [-0.2, 0) is 6.42 Å². The van der Waals surface area contributed by atoms with E-state index in [4.69, 9.17) is 0 Å². The van der Waals surface area contributed by atoms with Gasteiger partial charge in [0.05, 0.1) is 9.88 Å². The number of para-hydroxylation sites is 1. The largest absolute Gasteiger partial charge is 0.351 e. The first-order chi connectivity index (χ1) is 12.7. The fourth-order valence-corrected chi connectivity index (χ4v) is 3.19. The fourth-order valence-electron chi connectivity index (χ4n) is 2.37. The SMILES string of the molecule is O=C(Nc1ccccc1)Nc1ccc(C(=O)NCCc2ccccc2)s1. The van der Waals surface area contributed by atoms with Gasteiger partial charge in [-0.2, -0.15) is 0 Å². The summed E-state index contributed by atoms with van der Waals surface area (Å²) in [5.74, 6) is -0.137. The fraction of sp³-hybridized carbons (Fsp3) is 0.100. The molecule has 3 amide bonds. The molecule has 0 fully saturated rings. The molecule has 26 heavy (non-hydrogen) atoms. The smallest absolute Gasteiger partial charge is 0.324 e. The minimum Gasteiger partial charge on any atom is -0.351 e. The lowest BCUT2D eigenvalue weighted by atomic mass is 10.1. The van der Waals surface area contributed by atoms with Crippen molar-refractivity contribution in [2.24, 2.45) is 0 Å². The summed E-state index contributed by atoms with van der Waals surface area (Å²) in [4.78, 5) is 24.7. The number of carbonyl (C=O) groups excluding carboxylic acids is 2. The van der Waals surface area contributed by atoms with Crippen LogP contribution in [0.1, 0.15) is 15.2 Å². The Morgan fingerprint density at radius 3 is 2.23 bits per heavy atom. The average Bonchev–Trinajstić information content (AvgIpc) is 3.12. The summed E-state index contributed by atoms with van der Waals surface area (Å²) in [7, 11) is 0. The highest BCUT2D eigenvalue weighted by Gasteiger charge is 2.10. The summed E-state index contributed by atoms with van der Waals surface area (Å²) < 4.78 is 0. The number of amides is 3. The summed E-state index contributed by atoms with van der Waals surface area (Å²) in [6, 6.07) is 22.3. The zero-order chi connectivity index (χ0) is 18.2. The van der Waals surface area contributed by atoms with E-state index in [1.807, 2.05) is 48.5 Å². The zero-order valence-corrected chi connectivity index (χ0v) is 14.9. The number of urea groups is 1. The second-order valence-corrected chi connectivity index (χ2v) is 6.68. The molecule has 6 heteroatoms. The molecule has 0 radical (unpaired) electrons. The van der Waals surface area contributed by atoms with Gasteiger partial charge in [0.25, 0.3) is 5.91 Å². The highest BCUT2D eigenvalue weighted by Crippen LogP contribution is 2.22. The van der Waals surface area contributed by atoms with Crippen molar-refractivity contribution in [2.45, 2.75) is 6.42 Å². The van der Waals surface area contributed by atoms with E-state index in [-0.39, 0.29) is 11.9 Å².